The van der Waals surface area contributed by atoms with Crippen molar-refractivity contribution in [3.8, 4) is 0 Å². The van der Waals surface area contributed by atoms with E-state index in [1.54, 1.807) is 12.2 Å². The second kappa shape index (κ2) is 4.32. The van der Waals surface area contributed by atoms with Gasteiger partial charge in [0.25, 0.3) is 0 Å². The molecule has 0 spiro atoms. The van der Waals surface area contributed by atoms with Crippen molar-refractivity contribution >= 4 is 5.71 Å². The molecule has 4 heteroatoms. The molecule has 0 amide bonds. The Morgan fingerprint density at radius 3 is 2.09 bits per heavy atom. The summed E-state index contributed by atoms with van der Waals surface area (Å²) in [6.45, 7) is 0. The molecule has 1 aliphatic rings. The third-order valence-corrected chi connectivity index (χ3v) is 1.15. The molecule has 1 N–H and O–H groups in total. The quantitative estimate of drug-likeness (QED) is 0.443. The van der Waals surface area contributed by atoms with Gasteiger partial charge in [0.2, 0.25) is 0 Å². The Bertz CT molecular complexity index is 249. The number of nitrogens with one attached hydrogen (secondary N) is 1. The molecule has 3 nitrogen and oxygen atoms in total. The monoisotopic (exact) mass is 249 g/mol. The summed E-state index contributed by atoms with van der Waals surface area (Å²) >= 11 is 0. The van der Waals surface area contributed by atoms with Crippen LogP contribution in [0.1, 0.15) is 0 Å². The van der Waals surface area contributed by atoms with Crippen molar-refractivity contribution in [2.75, 3.05) is 0 Å². The number of allylic oxidation sites excluding steroid dienone is 5. The fourth-order valence-corrected chi connectivity index (χ4v) is 0.661. The first-order valence-electron chi connectivity index (χ1n) is 2.74. The van der Waals surface area contributed by atoms with Gasteiger partial charge in [-0.1, -0.05) is 18.2 Å². The van der Waals surface area contributed by atoms with Crippen LogP contribution in [0.25, 0.3) is 0 Å². The van der Waals surface area contributed by atoms with Gasteiger partial charge in [0, 0.05) is 0 Å². The molecular formula is C7H5CdNO2. The zero-order chi connectivity index (χ0) is 7.56. The van der Waals surface area contributed by atoms with Crippen LogP contribution in [-0.4, -0.2) is 5.71 Å². The average molecular weight is 248 g/mol. The Balaban J connectivity index is 0.000001000. The fourth-order valence-electron chi connectivity index (χ4n) is 0.661. The van der Waals surface area contributed by atoms with Gasteiger partial charge in [0.05, 0.1) is 5.71 Å². The van der Waals surface area contributed by atoms with E-state index in [4.69, 9.17) is 5.41 Å². The van der Waals surface area contributed by atoms with Crippen molar-refractivity contribution in [1.82, 2.24) is 0 Å². The standard InChI is InChI=1S/C7H7NO2.Cd/c8-6-4-2-1-3-5(6)7(9)10;/h1-4,8-10H;/q;+2/p-2. The molecule has 1 aliphatic carbocycles. The van der Waals surface area contributed by atoms with Crippen LogP contribution in [0.3, 0.4) is 0 Å². The van der Waals surface area contributed by atoms with Crippen molar-refractivity contribution in [2.45, 2.75) is 0 Å². The molecule has 0 aliphatic heterocycles. The Hall–Kier alpha value is -0.588. The molecule has 0 aromatic rings. The van der Waals surface area contributed by atoms with Crippen LogP contribution in [0.2, 0.25) is 0 Å². The molecule has 0 aromatic heterocycles. The van der Waals surface area contributed by atoms with Crippen molar-refractivity contribution in [1.29, 1.82) is 5.41 Å². The zero-order valence-corrected chi connectivity index (χ0v) is 9.87. The van der Waals surface area contributed by atoms with E-state index in [9.17, 15) is 10.2 Å². The van der Waals surface area contributed by atoms with E-state index in [1.165, 1.54) is 12.2 Å². The molecule has 1 rings (SSSR count). The minimum Gasteiger partial charge on any atom is -0.883 e. The molecular weight excluding hydrogens is 242 g/mol. The molecule has 0 saturated carbocycles. The SMILES string of the molecule is N=C1C=CC=CC1=C([O-])[O-].[Cd+2]. The van der Waals surface area contributed by atoms with Gasteiger partial charge in [0.15, 0.2) is 0 Å². The van der Waals surface area contributed by atoms with Crippen molar-refractivity contribution in [2.24, 2.45) is 0 Å². The second-order valence-electron chi connectivity index (χ2n) is 1.83. The van der Waals surface area contributed by atoms with Crippen LogP contribution in [0.15, 0.2) is 35.8 Å². The van der Waals surface area contributed by atoms with Gasteiger partial charge in [-0.05, 0) is 11.6 Å². The summed E-state index contributed by atoms with van der Waals surface area (Å²) in [6, 6.07) is 0. The topological polar surface area (TPSA) is 70.0 Å². The molecule has 0 bridgehead atoms. The smallest absolute Gasteiger partial charge is 0.883 e. The van der Waals surface area contributed by atoms with E-state index >= 15 is 0 Å². The van der Waals surface area contributed by atoms with Crippen LogP contribution < -0.4 is 10.2 Å². The summed E-state index contributed by atoms with van der Waals surface area (Å²) in [5.74, 6) is -1.30. The molecule has 0 heterocycles. The van der Waals surface area contributed by atoms with Crippen molar-refractivity contribution in [3.63, 3.8) is 0 Å². The zero-order valence-electron chi connectivity index (χ0n) is 5.83. The van der Waals surface area contributed by atoms with Gasteiger partial charge < -0.3 is 15.6 Å². The van der Waals surface area contributed by atoms with Crippen LogP contribution in [0, 0.1) is 5.41 Å². The van der Waals surface area contributed by atoms with Gasteiger partial charge in [-0.3, -0.25) is 0 Å². The minimum atomic E-state index is -1.30. The maximum absolute atomic E-state index is 10.2. The summed E-state index contributed by atoms with van der Waals surface area (Å²) < 4.78 is 0. The minimum absolute atomic E-state index is 0. The Morgan fingerprint density at radius 2 is 1.73 bits per heavy atom. The molecule has 0 aromatic carbocycles. The van der Waals surface area contributed by atoms with Crippen molar-refractivity contribution in [3.05, 3.63) is 35.8 Å². The van der Waals surface area contributed by atoms with E-state index in [-0.39, 0.29) is 38.6 Å². The summed E-state index contributed by atoms with van der Waals surface area (Å²) in [6.07, 6.45) is 5.92. The van der Waals surface area contributed by atoms with Gasteiger partial charge in [-0.15, -0.1) is 0 Å². The Kier molecular flexibility index (Phi) is 4.09. The predicted molar refractivity (Wildman–Crippen MR) is 33.0 cm³/mol. The fraction of sp³-hybridized carbons (Fsp3) is 0. The maximum atomic E-state index is 10.2. The Morgan fingerprint density at radius 1 is 1.18 bits per heavy atom. The molecule has 11 heavy (non-hydrogen) atoms. The predicted octanol–water partition coefficient (Wildman–Crippen LogP) is -0.938. The van der Waals surface area contributed by atoms with E-state index < -0.39 is 5.95 Å². The van der Waals surface area contributed by atoms with E-state index in [2.05, 4.69) is 0 Å². The normalized spacial score (nSPS) is 14.5. The third-order valence-electron chi connectivity index (χ3n) is 1.15. The van der Waals surface area contributed by atoms with Gasteiger partial charge in [-0.25, -0.2) is 0 Å². The summed E-state index contributed by atoms with van der Waals surface area (Å²) in [4.78, 5) is 0. The molecule has 0 fully saturated rings. The second-order valence-corrected chi connectivity index (χ2v) is 1.83. The molecule has 52 valence electrons. The average Bonchev–Trinajstić information content (AvgIpc) is 1.88. The number of hydrogen-bond acceptors (Lipinski definition) is 3. The summed E-state index contributed by atoms with van der Waals surface area (Å²) in [7, 11) is 0. The van der Waals surface area contributed by atoms with Crippen LogP contribution in [-0.2, 0) is 27.3 Å². The molecule has 0 atom stereocenters. The van der Waals surface area contributed by atoms with Gasteiger partial charge in [0.1, 0.15) is 0 Å². The third kappa shape index (κ3) is 2.49. The van der Waals surface area contributed by atoms with Crippen LogP contribution >= 0.6 is 0 Å². The number of rotatable bonds is 0. The summed E-state index contributed by atoms with van der Waals surface area (Å²) in [5, 5.41) is 27.5. The van der Waals surface area contributed by atoms with E-state index in [0.717, 1.165) is 0 Å². The molecule has 0 radical (unpaired) electrons. The Labute approximate surface area is 84.4 Å². The first-order valence-corrected chi connectivity index (χ1v) is 2.74. The van der Waals surface area contributed by atoms with Crippen LogP contribution in [0.4, 0.5) is 0 Å². The van der Waals surface area contributed by atoms with E-state index in [1.807, 2.05) is 0 Å². The largest absolute Gasteiger partial charge is 2.00 e. The number of hydrogen-bond donors (Lipinski definition) is 1. The van der Waals surface area contributed by atoms with E-state index in [0.29, 0.717) is 0 Å². The van der Waals surface area contributed by atoms with Crippen LogP contribution in [0.5, 0.6) is 0 Å². The molecule has 0 unspecified atom stereocenters. The first kappa shape index (κ1) is 10.4. The van der Waals surface area contributed by atoms with Gasteiger partial charge in [-0.2, -0.15) is 5.95 Å². The first-order chi connectivity index (χ1) is 4.72. The van der Waals surface area contributed by atoms with Crippen molar-refractivity contribution < 1.29 is 37.5 Å². The molecule has 0 saturated heterocycles. The van der Waals surface area contributed by atoms with Gasteiger partial charge >= 0.3 is 27.3 Å². The summed E-state index contributed by atoms with van der Waals surface area (Å²) in [5.41, 5.74) is -0.0787. The maximum Gasteiger partial charge on any atom is 2.00 e.